The van der Waals surface area contributed by atoms with Crippen molar-refractivity contribution >= 4 is 11.9 Å². The van der Waals surface area contributed by atoms with E-state index in [2.05, 4.69) is 0 Å². The summed E-state index contributed by atoms with van der Waals surface area (Å²) in [5.41, 5.74) is 0. The highest BCUT2D eigenvalue weighted by Gasteiger charge is 2.42. The van der Waals surface area contributed by atoms with Crippen LogP contribution in [0.2, 0.25) is 0 Å². The number of Topliss-reactive ketones (excluding diaryl/α,β-unsaturated/α-hetero) is 1. The molecule has 1 amide bonds. The van der Waals surface area contributed by atoms with E-state index in [4.69, 9.17) is 5.11 Å². The molecule has 12 heavy (non-hydrogen) atoms. The number of carboxylic acid groups (broad SMARTS) is 1. The van der Waals surface area contributed by atoms with Gasteiger partial charge in [0.15, 0.2) is 5.78 Å². The first-order valence-electron chi connectivity index (χ1n) is 4.21. The van der Waals surface area contributed by atoms with Crippen LogP contribution in [0.25, 0.3) is 0 Å². The second kappa shape index (κ2) is 2.47. The van der Waals surface area contributed by atoms with Gasteiger partial charge < -0.3 is 5.11 Å². The summed E-state index contributed by atoms with van der Waals surface area (Å²) >= 11 is 0. The molecule has 2 aliphatic rings. The summed E-state index contributed by atoms with van der Waals surface area (Å²) in [6, 6.07) is -0.318. The Labute approximate surface area is 70.2 Å². The molecule has 1 aliphatic carbocycles. The summed E-state index contributed by atoms with van der Waals surface area (Å²) in [5, 5.41) is 8.75. The molecule has 2 unspecified atom stereocenters. The lowest BCUT2D eigenvalue weighted by Gasteiger charge is -2.20. The minimum Gasteiger partial charge on any atom is -0.465 e. The fourth-order valence-corrected chi connectivity index (χ4v) is 2.16. The molecule has 4 nitrogen and oxygen atoms in total. The van der Waals surface area contributed by atoms with E-state index in [0.717, 1.165) is 12.8 Å². The molecule has 1 saturated heterocycles. The number of fused-ring (bicyclic) bond motifs is 2. The van der Waals surface area contributed by atoms with Crippen LogP contribution in [0, 0.1) is 5.92 Å². The molecule has 0 radical (unpaired) electrons. The molecule has 2 atom stereocenters. The second-order valence-corrected chi connectivity index (χ2v) is 3.56. The van der Waals surface area contributed by atoms with Crippen molar-refractivity contribution in [2.45, 2.75) is 25.3 Å². The number of amides is 1. The SMILES string of the molecule is O=C1CCC2CC1N(C(=O)O)C2. The summed E-state index contributed by atoms with van der Waals surface area (Å²) in [6.07, 6.45) is 1.25. The molecule has 1 N–H and O–H groups in total. The van der Waals surface area contributed by atoms with Gasteiger partial charge in [-0.15, -0.1) is 0 Å². The van der Waals surface area contributed by atoms with Gasteiger partial charge in [-0.1, -0.05) is 0 Å². The topological polar surface area (TPSA) is 57.6 Å². The number of hydrogen-bond acceptors (Lipinski definition) is 2. The van der Waals surface area contributed by atoms with Crippen molar-refractivity contribution in [2.24, 2.45) is 5.92 Å². The Kier molecular flexibility index (Phi) is 1.56. The van der Waals surface area contributed by atoms with Crippen molar-refractivity contribution in [1.82, 2.24) is 4.90 Å². The molecule has 1 aliphatic heterocycles. The quantitative estimate of drug-likeness (QED) is 0.581. The molecule has 0 aromatic rings. The first kappa shape index (κ1) is 7.58. The Morgan fingerprint density at radius 2 is 2.33 bits per heavy atom. The van der Waals surface area contributed by atoms with Gasteiger partial charge in [0.1, 0.15) is 0 Å². The van der Waals surface area contributed by atoms with Crippen LogP contribution < -0.4 is 0 Å². The standard InChI is InChI=1S/C8H11NO3/c10-7-2-1-5-3-6(7)9(4-5)8(11)12/h5-6H,1-4H2,(H,11,12). The van der Waals surface area contributed by atoms with Gasteiger partial charge in [0.2, 0.25) is 0 Å². The van der Waals surface area contributed by atoms with Crippen LogP contribution in [0.1, 0.15) is 19.3 Å². The minimum absolute atomic E-state index is 0.103. The molecule has 4 heteroatoms. The Bertz CT molecular complexity index is 238. The fraction of sp³-hybridized carbons (Fsp3) is 0.750. The molecule has 0 aromatic heterocycles. The fourth-order valence-electron chi connectivity index (χ4n) is 2.16. The average molecular weight is 169 g/mol. The Hall–Kier alpha value is -1.06. The number of carbonyl (C=O) groups is 2. The average Bonchev–Trinajstić information content (AvgIpc) is 2.37. The molecular formula is C8H11NO3. The van der Waals surface area contributed by atoms with Gasteiger partial charge in [-0.05, 0) is 18.8 Å². The Morgan fingerprint density at radius 1 is 1.58 bits per heavy atom. The zero-order chi connectivity index (χ0) is 8.72. The highest BCUT2D eigenvalue weighted by atomic mass is 16.4. The summed E-state index contributed by atoms with van der Waals surface area (Å²) in [6.45, 7) is 0.561. The third-order valence-corrected chi connectivity index (χ3v) is 2.80. The monoisotopic (exact) mass is 169 g/mol. The van der Waals surface area contributed by atoms with E-state index in [9.17, 15) is 9.59 Å². The normalized spacial score (nSPS) is 34.0. The largest absolute Gasteiger partial charge is 0.465 e. The number of hydrogen-bond donors (Lipinski definition) is 1. The van der Waals surface area contributed by atoms with Gasteiger partial charge >= 0.3 is 6.09 Å². The lowest BCUT2D eigenvalue weighted by atomic mass is 9.89. The first-order valence-corrected chi connectivity index (χ1v) is 4.21. The molecule has 0 aromatic carbocycles. The van der Waals surface area contributed by atoms with E-state index in [1.807, 2.05) is 0 Å². The van der Waals surface area contributed by atoms with Crippen molar-refractivity contribution < 1.29 is 14.7 Å². The maximum Gasteiger partial charge on any atom is 0.407 e. The molecule has 2 bridgehead atoms. The van der Waals surface area contributed by atoms with E-state index in [0.29, 0.717) is 18.9 Å². The van der Waals surface area contributed by atoms with E-state index in [1.54, 1.807) is 0 Å². The van der Waals surface area contributed by atoms with Crippen LogP contribution in [0.5, 0.6) is 0 Å². The zero-order valence-electron chi connectivity index (χ0n) is 6.69. The number of likely N-dealkylation sites (tertiary alicyclic amines) is 1. The van der Waals surface area contributed by atoms with Crippen LogP contribution in [0.15, 0.2) is 0 Å². The zero-order valence-corrected chi connectivity index (χ0v) is 6.69. The third-order valence-electron chi connectivity index (χ3n) is 2.80. The second-order valence-electron chi connectivity index (χ2n) is 3.56. The highest BCUT2D eigenvalue weighted by Crippen LogP contribution is 2.33. The van der Waals surface area contributed by atoms with E-state index in [1.165, 1.54) is 4.90 Å². The van der Waals surface area contributed by atoms with Gasteiger partial charge in [-0.2, -0.15) is 0 Å². The number of carbonyl (C=O) groups excluding carboxylic acids is 1. The van der Waals surface area contributed by atoms with Crippen molar-refractivity contribution in [3.05, 3.63) is 0 Å². The molecule has 1 heterocycles. The maximum atomic E-state index is 11.3. The van der Waals surface area contributed by atoms with Gasteiger partial charge in [0, 0.05) is 13.0 Å². The van der Waals surface area contributed by atoms with Gasteiger partial charge in [0.25, 0.3) is 0 Å². The molecule has 2 rings (SSSR count). The smallest absolute Gasteiger partial charge is 0.407 e. The van der Waals surface area contributed by atoms with Crippen LogP contribution >= 0.6 is 0 Å². The lowest BCUT2D eigenvalue weighted by Crippen LogP contribution is -2.39. The van der Waals surface area contributed by atoms with E-state index in [-0.39, 0.29) is 11.8 Å². The Morgan fingerprint density at radius 3 is 3.00 bits per heavy atom. The van der Waals surface area contributed by atoms with Gasteiger partial charge in [-0.25, -0.2) is 4.79 Å². The van der Waals surface area contributed by atoms with Crippen molar-refractivity contribution in [2.75, 3.05) is 6.54 Å². The maximum absolute atomic E-state index is 11.3. The van der Waals surface area contributed by atoms with E-state index >= 15 is 0 Å². The van der Waals surface area contributed by atoms with Crippen molar-refractivity contribution in [1.29, 1.82) is 0 Å². The minimum atomic E-state index is -0.947. The molecule has 2 fully saturated rings. The van der Waals surface area contributed by atoms with Crippen LogP contribution in [0.4, 0.5) is 4.79 Å². The highest BCUT2D eigenvalue weighted by molar-refractivity contribution is 5.88. The van der Waals surface area contributed by atoms with Gasteiger partial charge in [-0.3, -0.25) is 9.69 Å². The van der Waals surface area contributed by atoms with Crippen molar-refractivity contribution in [3.8, 4) is 0 Å². The first-order chi connectivity index (χ1) is 5.68. The van der Waals surface area contributed by atoms with Crippen LogP contribution in [-0.2, 0) is 4.79 Å². The van der Waals surface area contributed by atoms with Crippen LogP contribution in [0.3, 0.4) is 0 Å². The molecule has 1 saturated carbocycles. The van der Waals surface area contributed by atoms with E-state index < -0.39 is 6.09 Å². The summed E-state index contributed by atoms with van der Waals surface area (Å²) < 4.78 is 0. The summed E-state index contributed by atoms with van der Waals surface area (Å²) in [5.74, 6) is 0.537. The van der Waals surface area contributed by atoms with Gasteiger partial charge in [0.05, 0.1) is 6.04 Å². The number of ketones is 1. The number of rotatable bonds is 0. The molecular weight excluding hydrogens is 158 g/mol. The predicted octanol–water partition coefficient (Wildman–Crippen LogP) is 0.718. The lowest BCUT2D eigenvalue weighted by molar-refractivity contribution is -0.123. The third kappa shape index (κ3) is 0.983. The summed E-state index contributed by atoms with van der Waals surface area (Å²) in [4.78, 5) is 23.2. The molecule has 66 valence electrons. The predicted molar refractivity (Wildman–Crippen MR) is 40.9 cm³/mol. The molecule has 0 spiro atoms. The van der Waals surface area contributed by atoms with Crippen LogP contribution in [-0.4, -0.2) is 34.5 Å². The van der Waals surface area contributed by atoms with Crippen molar-refractivity contribution in [3.63, 3.8) is 0 Å². The summed E-state index contributed by atoms with van der Waals surface area (Å²) in [7, 11) is 0. The Balaban J connectivity index is 2.19. The number of nitrogens with zero attached hydrogens (tertiary/aromatic N) is 1.